The van der Waals surface area contributed by atoms with Crippen molar-refractivity contribution in [1.82, 2.24) is 9.80 Å². The third kappa shape index (κ3) is 13.2. The Morgan fingerprint density at radius 2 is 1.25 bits per heavy atom. The van der Waals surface area contributed by atoms with Crippen molar-refractivity contribution in [3.05, 3.63) is 0 Å². The molecule has 2 saturated heterocycles. The molecule has 32 heavy (non-hydrogen) atoms. The van der Waals surface area contributed by atoms with Crippen LogP contribution in [0, 0.1) is 0 Å². The Hall–Kier alpha value is -0.610. The average Bonchev–Trinajstić information content (AvgIpc) is 3.21. The first-order valence-electron chi connectivity index (χ1n) is 14.4. The third-order valence-electron chi connectivity index (χ3n) is 7.36. The minimum absolute atomic E-state index is 0.192. The lowest BCUT2D eigenvalue weighted by molar-refractivity contribution is -0.129. The maximum atomic E-state index is 12.1. The van der Waals surface area contributed by atoms with Crippen LogP contribution in [0.4, 0.5) is 0 Å². The lowest BCUT2D eigenvalue weighted by Crippen LogP contribution is -2.44. The van der Waals surface area contributed by atoms with Crippen LogP contribution >= 0.6 is 0 Å². The molecule has 0 aliphatic carbocycles. The van der Waals surface area contributed by atoms with Crippen molar-refractivity contribution in [3.63, 3.8) is 0 Å². The fraction of sp³-hybridized carbons (Fsp3) is 0.964. The highest BCUT2D eigenvalue weighted by molar-refractivity contribution is 5.78. The van der Waals surface area contributed by atoms with Gasteiger partial charge in [0, 0.05) is 32.7 Å². The zero-order chi connectivity index (χ0) is 22.7. The fourth-order valence-electron chi connectivity index (χ4n) is 5.28. The monoisotopic (exact) mass is 450 g/mol. The predicted molar refractivity (Wildman–Crippen MR) is 136 cm³/mol. The van der Waals surface area contributed by atoms with Crippen LogP contribution in [-0.2, 0) is 9.53 Å². The summed E-state index contributed by atoms with van der Waals surface area (Å²) < 4.78 is 6.33. The fourth-order valence-corrected chi connectivity index (χ4v) is 5.28. The number of likely N-dealkylation sites (tertiary alicyclic amines) is 2. The summed E-state index contributed by atoms with van der Waals surface area (Å²) in [6.45, 7) is 8.28. The van der Waals surface area contributed by atoms with E-state index in [1.807, 2.05) is 4.90 Å². The number of carbonyl (C=O) groups excluding carboxylic acids is 1. The van der Waals surface area contributed by atoms with Crippen molar-refractivity contribution in [2.75, 3.05) is 39.3 Å². The standard InChI is InChI=1S/C28H54N2O2/c1-2-3-4-5-6-7-8-9-10-11-12-13-14-18-24-32-27(25-29-21-16-15-17-22-29)26-30-23-19-20-28(30)31/h27H,2-26H2,1H3. The second-order valence-electron chi connectivity index (χ2n) is 10.4. The largest absolute Gasteiger partial charge is 0.375 e. The molecule has 2 aliphatic rings. The lowest BCUT2D eigenvalue weighted by Gasteiger charge is -2.32. The van der Waals surface area contributed by atoms with Crippen molar-refractivity contribution >= 4 is 5.91 Å². The number of carbonyl (C=O) groups is 1. The van der Waals surface area contributed by atoms with Crippen LogP contribution in [0.5, 0.6) is 0 Å². The first-order chi connectivity index (χ1) is 15.8. The quantitative estimate of drug-likeness (QED) is 0.188. The molecule has 2 aliphatic heterocycles. The molecule has 0 aromatic rings. The molecular formula is C28H54N2O2. The van der Waals surface area contributed by atoms with Crippen LogP contribution in [0.15, 0.2) is 0 Å². The van der Waals surface area contributed by atoms with E-state index in [-0.39, 0.29) is 6.10 Å². The van der Waals surface area contributed by atoms with Crippen molar-refractivity contribution in [1.29, 1.82) is 0 Å². The van der Waals surface area contributed by atoms with E-state index < -0.39 is 0 Å². The van der Waals surface area contributed by atoms with Crippen LogP contribution in [-0.4, -0.2) is 61.1 Å². The molecule has 4 nitrogen and oxygen atoms in total. The van der Waals surface area contributed by atoms with Gasteiger partial charge in [-0.15, -0.1) is 0 Å². The van der Waals surface area contributed by atoms with Gasteiger partial charge in [-0.25, -0.2) is 0 Å². The van der Waals surface area contributed by atoms with Gasteiger partial charge in [0.25, 0.3) is 0 Å². The van der Waals surface area contributed by atoms with E-state index in [2.05, 4.69) is 11.8 Å². The van der Waals surface area contributed by atoms with E-state index in [4.69, 9.17) is 4.74 Å². The lowest BCUT2D eigenvalue weighted by atomic mass is 10.0. The molecule has 4 heteroatoms. The second-order valence-corrected chi connectivity index (χ2v) is 10.4. The van der Waals surface area contributed by atoms with E-state index in [1.54, 1.807) is 0 Å². The maximum Gasteiger partial charge on any atom is 0.222 e. The topological polar surface area (TPSA) is 32.8 Å². The van der Waals surface area contributed by atoms with Gasteiger partial charge in [-0.05, 0) is 38.8 Å². The van der Waals surface area contributed by atoms with Gasteiger partial charge >= 0.3 is 0 Å². The van der Waals surface area contributed by atoms with Gasteiger partial charge in [0.2, 0.25) is 5.91 Å². The van der Waals surface area contributed by atoms with Gasteiger partial charge < -0.3 is 14.5 Å². The number of unbranched alkanes of at least 4 members (excludes halogenated alkanes) is 13. The summed E-state index contributed by atoms with van der Waals surface area (Å²) in [5.41, 5.74) is 0. The van der Waals surface area contributed by atoms with Crippen molar-refractivity contribution in [2.45, 2.75) is 135 Å². The molecule has 2 rings (SSSR count). The van der Waals surface area contributed by atoms with Gasteiger partial charge in [0.05, 0.1) is 6.10 Å². The normalized spacial score (nSPS) is 18.5. The van der Waals surface area contributed by atoms with Gasteiger partial charge in [-0.3, -0.25) is 4.79 Å². The summed E-state index contributed by atoms with van der Waals surface area (Å²) in [6.07, 6.45) is 25.4. The molecular weight excluding hydrogens is 396 g/mol. The van der Waals surface area contributed by atoms with Crippen LogP contribution in [0.2, 0.25) is 0 Å². The molecule has 1 unspecified atom stereocenters. The third-order valence-corrected chi connectivity index (χ3v) is 7.36. The zero-order valence-corrected chi connectivity index (χ0v) is 21.5. The number of hydrogen-bond donors (Lipinski definition) is 0. The molecule has 2 heterocycles. The van der Waals surface area contributed by atoms with Crippen LogP contribution in [0.1, 0.15) is 129 Å². The molecule has 1 amide bonds. The van der Waals surface area contributed by atoms with Gasteiger partial charge in [-0.2, -0.15) is 0 Å². The summed E-state index contributed by atoms with van der Waals surface area (Å²) in [4.78, 5) is 16.7. The Bertz CT molecular complexity index is 451. The van der Waals surface area contributed by atoms with E-state index >= 15 is 0 Å². The Balaban J connectivity index is 1.45. The highest BCUT2D eigenvalue weighted by atomic mass is 16.5. The molecule has 0 saturated carbocycles. The number of ether oxygens (including phenoxy) is 1. The Labute approximate surface area is 199 Å². The van der Waals surface area contributed by atoms with Crippen LogP contribution in [0.25, 0.3) is 0 Å². The first kappa shape index (κ1) is 27.6. The number of piperidine rings is 1. The Kier molecular flexibility index (Phi) is 16.2. The minimum Gasteiger partial charge on any atom is -0.375 e. The Morgan fingerprint density at radius 3 is 1.78 bits per heavy atom. The smallest absolute Gasteiger partial charge is 0.222 e. The maximum absolute atomic E-state index is 12.1. The predicted octanol–water partition coefficient (Wildman–Crippen LogP) is 6.96. The first-order valence-corrected chi connectivity index (χ1v) is 14.4. The molecule has 0 bridgehead atoms. The number of rotatable bonds is 20. The zero-order valence-electron chi connectivity index (χ0n) is 21.5. The van der Waals surface area contributed by atoms with Crippen molar-refractivity contribution in [2.24, 2.45) is 0 Å². The second kappa shape index (κ2) is 18.8. The van der Waals surface area contributed by atoms with E-state index in [0.29, 0.717) is 5.91 Å². The molecule has 2 fully saturated rings. The molecule has 0 spiro atoms. The summed E-state index contributed by atoms with van der Waals surface area (Å²) >= 11 is 0. The van der Waals surface area contributed by atoms with Gasteiger partial charge in [0.1, 0.15) is 0 Å². The highest BCUT2D eigenvalue weighted by Crippen LogP contribution is 2.16. The van der Waals surface area contributed by atoms with Crippen molar-refractivity contribution < 1.29 is 9.53 Å². The van der Waals surface area contributed by atoms with Crippen LogP contribution < -0.4 is 0 Å². The molecule has 0 aromatic carbocycles. The average molecular weight is 451 g/mol. The summed E-state index contributed by atoms with van der Waals surface area (Å²) in [6, 6.07) is 0. The van der Waals surface area contributed by atoms with Crippen LogP contribution in [0.3, 0.4) is 0 Å². The molecule has 0 N–H and O–H groups in total. The highest BCUT2D eigenvalue weighted by Gasteiger charge is 2.25. The van der Waals surface area contributed by atoms with Gasteiger partial charge in [0.15, 0.2) is 0 Å². The summed E-state index contributed by atoms with van der Waals surface area (Å²) in [5.74, 6) is 0.328. The summed E-state index contributed by atoms with van der Waals surface area (Å²) in [7, 11) is 0. The van der Waals surface area contributed by atoms with E-state index in [0.717, 1.165) is 39.1 Å². The van der Waals surface area contributed by atoms with Crippen molar-refractivity contribution in [3.8, 4) is 0 Å². The number of hydrogen-bond acceptors (Lipinski definition) is 3. The molecule has 0 radical (unpaired) electrons. The SMILES string of the molecule is CCCCCCCCCCCCCCCCOC(CN1CCCCC1)CN1CCCC1=O. The summed E-state index contributed by atoms with van der Waals surface area (Å²) in [5, 5.41) is 0. The van der Waals surface area contributed by atoms with E-state index in [9.17, 15) is 4.79 Å². The Morgan fingerprint density at radius 1 is 0.688 bits per heavy atom. The minimum atomic E-state index is 0.192. The molecule has 188 valence electrons. The number of nitrogens with zero attached hydrogens (tertiary/aromatic N) is 2. The number of amides is 1. The van der Waals surface area contributed by atoms with Gasteiger partial charge in [-0.1, -0.05) is 96.8 Å². The molecule has 0 aromatic heterocycles. The van der Waals surface area contributed by atoms with E-state index in [1.165, 1.54) is 122 Å². The molecule has 1 atom stereocenters.